The minimum Gasteiger partial charge on any atom is -0.490 e. The molecule has 288 valence electrons. The van der Waals surface area contributed by atoms with Gasteiger partial charge in [0.1, 0.15) is 6.04 Å². The van der Waals surface area contributed by atoms with Crippen molar-refractivity contribution in [1.29, 1.82) is 0 Å². The fourth-order valence-corrected chi connectivity index (χ4v) is 5.44. The number of carboxylic acids is 2. The molecule has 1 atom stereocenters. The summed E-state index contributed by atoms with van der Waals surface area (Å²) in [5, 5.41) is 28.6. The van der Waals surface area contributed by atoms with Gasteiger partial charge in [0.15, 0.2) is 17.4 Å². The number of aryl methyl sites for hydroxylation is 2. The number of aromatic carboxylic acids is 1. The number of para-hydroxylation sites is 1. The molecule has 0 amide bonds. The highest BCUT2D eigenvalue weighted by molar-refractivity contribution is 5.91. The smallest absolute Gasteiger partial charge is 0.490 e. The molecule has 0 saturated heterocycles. The van der Waals surface area contributed by atoms with E-state index in [9.17, 15) is 27.9 Å². The third-order valence-corrected chi connectivity index (χ3v) is 7.70. The van der Waals surface area contributed by atoms with Crippen molar-refractivity contribution in [3.63, 3.8) is 0 Å². The molecule has 5 aromatic rings. The highest BCUT2D eigenvalue weighted by Crippen LogP contribution is 2.34. The Balaban J connectivity index is 0.000000845. The normalized spacial score (nSPS) is 12.2. The Morgan fingerprint density at radius 2 is 1.72 bits per heavy atom. The Bertz CT molecular complexity index is 2140. The van der Waals surface area contributed by atoms with Crippen LogP contribution in [0.1, 0.15) is 60.0 Å². The first-order valence-electron chi connectivity index (χ1n) is 16.4. The lowest BCUT2D eigenvalue weighted by Crippen LogP contribution is -2.33. The van der Waals surface area contributed by atoms with Gasteiger partial charge in [-0.3, -0.25) is 4.98 Å². The van der Waals surface area contributed by atoms with Crippen LogP contribution in [-0.4, -0.2) is 85.4 Å². The van der Waals surface area contributed by atoms with E-state index in [2.05, 4.69) is 25.5 Å². The van der Waals surface area contributed by atoms with Crippen LogP contribution in [0.3, 0.4) is 0 Å². The van der Waals surface area contributed by atoms with Crippen molar-refractivity contribution < 1.29 is 46.6 Å². The second-order valence-corrected chi connectivity index (χ2v) is 13.2. The molecule has 0 aliphatic rings. The van der Waals surface area contributed by atoms with Crippen molar-refractivity contribution in [3.05, 3.63) is 105 Å². The first-order valence-corrected chi connectivity index (χ1v) is 16.4. The number of aromatic amines is 1. The number of nitrogens with one attached hydrogen (secondary N) is 2. The average Bonchev–Trinajstić information content (AvgIpc) is 3.71. The number of aliphatic carboxylic acids is 1. The number of alkyl halides is 3. The Morgan fingerprint density at radius 3 is 2.28 bits per heavy atom. The first kappa shape index (κ1) is 40.7. The third kappa shape index (κ3) is 10.3. The standard InChI is InChI=1S/C34H38FN7O5.C2HF3O2/c1-7-21-16-25(28(35)27(17-21)46-19-34(3,4)18-41(5)6)29(37-23-14-12-22(13-15-23)30-36-20(2)47-40-30)31-38-33(45)42(39-31)26-11-9-8-10-24(26)32(43)44;3-2(4,5)1(6)7/h8-17,29,37H,7,18-19H2,1-6H3,(H,43,44)(H,38,39,45);(H,6,7). The van der Waals surface area contributed by atoms with Gasteiger partial charge in [0.2, 0.25) is 11.7 Å². The van der Waals surface area contributed by atoms with E-state index >= 15 is 4.39 Å². The van der Waals surface area contributed by atoms with Crippen molar-refractivity contribution in [1.82, 2.24) is 29.8 Å². The molecule has 4 N–H and O–H groups in total. The molecule has 0 aliphatic heterocycles. The highest BCUT2D eigenvalue weighted by atomic mass is 19.4. The number of aromatic nitrogens is 5. The maximum atomic E-state index is 16.5. The highest BCUT2D eigenvalue weighted by Gasteiger charge is 2.38. The molecule has 5 rings (SSSR count). The largest absolute Gasteiger partial charge is 0.490 e. The van der Waals surface area contributed by atoms with Crippen LogP contribution < -0.4 is 15.7 Å². The summed E-state index contributed by atoms with van der Waals surface area (Å²) in [5.74, 6) is -3.58. The van der Waals surface area contributed by atoms with Crippen molar-refractivity contribution in [2.45, 2.75) is 46.3 Å². The number of halogens is 4. The number of carboxylic acid groups (broad SMARTS) is 2. The summed E-state index contributed by atoms with van der Waals surface area (Å²) < 4.78 is 60.5. The maximum absolute atomic E-state index is 16.5. The van der Waals surface area contributed by atoms with Crippen LogP contribution in [0.5, 0.6) is 5.75 Å². The quantitative estimate of drug-likeness (QED) is 0.101. The van der Waals surface area contributed by atoms with Gasteiger partial charge in [-0.2, -0.15) is 22.8 Å². The summed E-state index contributed by atoms with van der Waals surface area (Å²) in [7, 11) is 3.94. The molecule has 2 aromatic heterocycles. The molecule has 0 radical (unpaired) electrons. The van der Waals surface area contributed by atoms with Crippen molar-refractivity contribution in [2.24, 2.45) is 5.41 Å². The summed E-state index contributed by atoms with van der Waals surface area (Å²) in [6.07, 6.45) is -4.49. The third-order valence-electron chi connectivity index (χ3n) is 7.70. The lowest BCUT2D eigenvalue weighted by molar-refractivity contribution is -0.192. The van der Waals surface area contributed by atoms with Gasteiger partial charge in [0.25, 0.3) is 0 Å². The first-order chi connectivity index (χ1) is 25.3. The number of hydrogen-bond donors (Lipinski definition) is 4. The molecule has 54 heavy (non-hydrogen) atoms. The van der Waals surface area contributed by atoms with Gasteiger partial charge in [-0.05, 0) is 68.5 Å². The topological polar surface area (TPSA) is 189 Å². The zero-order valence-corrected chi connectivity index (χ0v) is 30.2. The van der Waals surface area contributed by atoms with E-state index in [-0.39, 0.29) is 40.4 Å². The Morgan fingerprint density at radius 1 is 1.07 bits per heavy atom. The molecule has 0 fully saturated rings. The second kappa shape index (κ2) is 16.7. The molecule has 0 aliphatic carbocycles. The minimum atomic E-state index is -5.08. The van der Waals surface area contributed by atoms with E-state index < -0.39 is 35.7 Å². The molecule has 14 nitrogen and oxygen atoms in total. The SMILES string of the molecule is CCc1cc(OCC(C)(C)CN(C)C)c(F)c(C(Nc2ccc(-c3noc(C)n3)cc2)c2nn(-c3ccccc3C(=O)O)c(=O)[nH]2)c1.O=C(O)C(F)(F)F. The van der Waals surface area contributed by atoms with E-state index in [1.54, 1.807) is 55.5 Å². The molecule has 3 aromatic carbocycles. The van der Waals surface area contributed by atoms with Gasteiger partial charge in [0, 0.05) is 35.7 Å². The molecule has 0 saturated carbocycles. The van der Waals surface area contributed by atoms with Gasteiger partial charge in [-0.25, -0.2) is 18.8 Å². The summed E-state index contributed by atoms with van der Waals surface area (Å²) in [4.78, 5) is 43.1. The molecule has 18 heteroatoms. The van der Waals surface area contributed by atoms with Gasteiger partial charge < -0.3 is 29.7 Å². The van der Waals surface area contributed by atoms with E-state index in [1.165, 1.54) is 12.1 Å². The summed E-state index contributed by atoms with van der Waals surface area (Å²) in [5.41, 5.74) is 1.30. The predicted octanol–water partition coefficient (Wildman–Crippen LogP) is 6.12. The van der Waals surface area contributed by atoms with Crippen LogP contribution in [0.2, 0.25) is 0 Å². The van der Waals surface area contributed by atoms with Crippen LogP contribution in [0.4, 0.5) is 23.2 Å². The van der Waals surface area contributed by atoms with E-state index in [1.807, 2.05) is 39.8 Å². The van der Waals surface area contributed by atoms with Crippen molar-refractivity contribution >= 4 is 17.6 Å². The van der Waals surface area contributed by atoms with Gasteiger partial charge in [0.05, 0.1) is 17.9 Å². The van der Waals surface area contributed by atoms with Crippen molar-refractivity contribution in [3.8, 4) is 22.8 Å². The summed E-state index contributed by atoms with van der Waals surface area (Å²) in [6, 6.07) is 15.5. The molecular formula is C36H39F4N7O7. The molecule has 0 spiro atoms. The van der Waals surface area contributed by atoms with Gasteiger partial charge in [-0.1, -0.05) is 44.1 Å². The fourth-order valence-electron chi connectivity index (χ4n) is 5.44. The van der Waals surface area contributed by atoms with Crippen LogP contribution in [-0.2, 0) is 11.2 Å². The summed E-state index contributed by atoms with van der Waals surface area (Å²) in [6.45, 7) is 8.75. The second-order valence-electron chi connectivity index (χ2n) is 13.2. The zero-order chi connectivity index (χ0) is 40.0. The van der Waals surface area contributed by atoms with Crippen LogP contribution in [0.15, 0.2) is 70.0 Å². The number of anilines is 1. The number of ether oxygens (including phenoxy) is 1. The number of nitrogens with zero attached hydrogens (tertiary/aromatic N) is 5. The number of hydrogen-bond acceptors (Lipinski definition) is 10. The van der Waals surface area contributed by atoms with Gasteiger partial charge in [-0.15, -0.1) is 5.10 Å². The van der Waals surface area contributed by atoms with Crippen molar-refractivity contribution in [2.75, 3.05) is 32.6 Å². The monoisotopic (exact) mass is 757 g/mol. The lowest BCUT2D eigenvalue weighted by Gasteiger charge is -2.28. The van der Waals surface area contributed by atoms with Crippen LogP contribution in [0.25, 0.3) is 17.1 Å². The molecule has 2 heterocycles. The van der Waals surface area contributed by atoms with E-state index in [0.717, 1.165) is 16.8 Å². The zero-order valence-electron chi connectivity index (χ0n) is 30.2. The molecule has 1 unspecified atom stereocenters. The Hall–Kier alpha value is -6.04. The molecule has 0 bridgehead atoms. The predicted molar refractivity (Wildman–Crippen MR) is 188 cm³/mol. The maximum Gasteiger partial charge on any atom is 0.490 e. The van der Waals surface area contributed by atoms with Gasteiger partial charge >= 0.3 is 23.8 Å². The molecular weight excluding hydrogens is 718 g/mol. The Labute approximate surface area is 306 Å². The van der Waals surface area contributed by atoms with E-state index in [0.29, 0.717) is 29.4 Å². The van der Waals surface area contributed by atoms with Crippen LogP contribution in [0, 0.1) is 18.2 Å². The minimum absolute atomic E-state index is 0.0686. The van der Waals surface area contributed by atoms with Crippen LogP contribution >= 0.6 is 0 Å². The average molecular weight is 758 g/mol. The number of benzene rings is 3. The number of carbonyl (C=O) groups is 2. The van der Waals surface area contributed by atoms with E-state index in [4.69, 9.17) is 19.2 Å². The Kier molecular flexibility index (Phi) is 12.6. The number of H-pyrrole nitrogens is 1. The fraction of sp³-hybridized carbons (Fsp3) is 0.333. The summed E-state index contributed by atoms with van der Waals surface area (Å²) >= 11 is 0. The lowest BCUT2D eigenvalue weighted by atomic mass is 9.94. The number of rotatable bonds is 13.